The summed E-state index contributed by atoms with van der Waals surface area (Å²) in [6.07, 6.45) is 3.82. The number of nitrogens with zero attached hydrogens (tertiary/aromatic N) is 4. The Morgan fingerprint density at radius 3 is 2.61 bits per heavy atom. The Kier molecular flexibility index (Phi) is 9.22. The number of benzene rings is 4. The second-order valence-corrected chi connectivity index (χ2v) is 12.1. The van der Waals surface area contributed by atoms with E-state index in [1.807, 2.05) is 60.7 Å². The second-order valence-electron chi connectivity index (χ2n) is 11.1. The Bertz CT molecular complexity index is 2420. The van der Waals surface area contributed by atoms with Crippen LogP contribution in [-0.2, 0) is 0 Å². The van der Waals surface area contributed by atoms with E-state index in [1.54, 1.807) is 43.6 Å². The first-order valence-corrected chi connectivity index (χ1v) is 16.4. The van der Waals surface area contributed by atoms with Crippen molar-refractivity contribution >= 4 is 61.4 Å². The molecule has 4 heterocycles. The number of oxazole rings is 1. The van der Waals surface area contributed by atoms with Crippen molar-refractivity contribution in [2.75, 3.05) is 24.8 Å². The van der Waals surface area contributed by atoms with Gasteiger partial charge in [0.05, 0.1) is 23.0 Å². The number of nitrogens with one attached hydrogen (secondary N) is 2. The molecule has 0 aliphatic carbocycles. The quantitative estimate of drug-likeness (QED) is 0.127. The maximum Gasteiger partial charge on any atom is 0.257 e. The van der Waals surface area contributed by atoms with Crippen LogP contribution < -0.4 is 31.0 Å². The zero-order valence-corrected chi connectivity index (χ0v) is 27.9. The van der Waals surface area contributed by atoms with Gasteiger partial charge in [-0.15, -0.1) is 0 Å². The molecule has 51 heavy (non-hydrogen) atoms. The summed E-state index contributed by atoms with van der Waals surface area (Å²) in [4.78, 5) is 29.5. The Labute approximate surface area is 295 Å². The average Bonchev–Trinajstić information content (AvgIpc) is 3.78. The molecule has 1 atom stereocenters. The van der Waals surface area contributed by atoms with E-state index in [4.69, 9.17) is 35.5 Å². The summed E-state index contributed by atoms with van der Waals surface area (Å²) < 4.78 is 23.7. The molecule has 0 bridgehead atoms. The highest BCUT2D eigenvalue weighted by molar-refractivity contribution is 7.22. The fourth-order valence-electron chi connectivity index (χ4n) is 5.23. The van der Waals surface area contributed by atoms with Crippen LogP contribution in [0.15, 0.2) is 108 Å². The molecule has 0 saturated carbocycles. The summed E-state index contributed by atoms with van der Waals surface area (Å²) in [6, 6.07) is 27.5. The van der Waals surface area contributed by atoms with Crippen molar-refractivity contribution in [2.24, 2.45) is 5.73 Å². The van der Waals surface area contributed by atoms with E-state index in [2.05, 4.69) is 25.3 Å². The summed E-state index contributed by atoms with van der Waals surface area (Å²) in [5.41, 5.74) is 16.9. The topological polar surface area (TPSA) is 197 Å². The molecule has 0 spiro atoms. The van der Waals surface area contributed by atoms with Crippen LogP contribution in [0.5, 0.6) is 17.2 Å². The van der Waals surface area contributed by atoms with Gasteiger partial charge in [-0.1, -0.05) is 41.7 Å². The Hall–Kier alpha value is -6.80. The Balaban J connectivity index is 0.000000159. The monoisotopic (exact) mass is 698 g/mol. The first-order chi connectivity index (χ1) is 24.9. The minimum Gasteiger partial charge on any atom is -0.497 e. The summed E-state index contributed by atoms with van der Waals surface area (Å²) in [6.45, 7) is 0.346. The lowest BCUT2D eigenvalue weighted by Crippen LogP contribution is -2.21. The van der Waals surface area contributed by atoms with Crippen LogP contribution in [0.1, 0.15) is 27.9 Å². The van der Waals surface area contributed by atoms with Gasteiger partial charge in [-0.2, -0.15) is 0 Å². The lowest BCUT2D eigenvalue weighted by Gasteiger charge is -2.24. The molecule has 1 aliphatic heterocycles. The minimum absolute atomic E-state index is 0.229. The lowest BCUT2D eigenvalue weighted by atomic mass is 10.1. The van der Waals surface area contributed by atoms with Crippen molar-refractivity contribution in [3.8, 4) is 28.5 Å². The van der Waals surface area contributed by atoms with Gasteiger partial charge >= 0.3 is 0 Å². The molecule has 0 saturated heterocycles. The number of methoxy groups -OCH3 is 1. The van der Waals surface area contributed by atoms with Gasteiger partial charge in [0.15, 0.2) is 22.2 Å². The first-order valence-electron chi connectivity index (χ1n) is 15.6. The fourth-order valence-corrected chi connectivity index (χ4v) is 6.13. The predicted molar refractivity (Wildman–Crippen MR) is 196 cm³/mol. The molecular weight excluding hydrogens is 669 g/mol. The van der Waals surface area contributed by atoms with Crippen LogP contribution in [0.2, 0.25) is 0 Å². The zero-order valence-electron chi connectivity index (χ0n) is 27.1. The maximum absolute atomic E-state index is 12.4. The normalized spacial score (nSPS) is 13.7. The summed E-state index contributed by atoms with van der Waals surface area (Å²) in [5.74, 6) is 2.49. The number of amides is 1. The molecule has 1 amide bonds. The summed E-state index contributed by atoms with van der Waals surface area (Å²) in [5, 5.41) is 10.7. The molecule has 4 aromatic carbocycles. The lowest BCUT2D eigenvalue weighted by molar-refractivity contribution is 0.0726. The van der Waals surface area contributed by atoms with Crippen LogP contribution in [-0.4, -0.2) is 45.8 Å². The van der Waals surface area contributed by atoms with Crippen molar-refractivity contribution in [1.82, 2.24) is 19.9 Å². The third-order valence-electron chi connectivity index (χ3n) is 7.77. The van der Waals surface area contributed by atoms with Crippen LogP contribution in [0.25, 0.3) is 38.1 Å². The number of anilines is 2. The van der Waals surface area contributed by atoms with E-state index < -0.39 is 6.10 Å². The number of ether oxygens (including phenoxy) is 3. The van der Waals surface area contributed by atoms with E-state index in [0.29, 0.717) is 45.8 Å². The van der Waals surface area contributed by atoms with E-state index >= 15 is 0 Å². The van der Waals surface area contributed by atoms with Crippen LogP contribution in [0.4, 0.5) is 11.1 Å². The number of hydrogen-bond donors (Lipinski definition) is 4. The third-order valence-corrected chi connectivity index (χ3v) is 8.70. The number of rotatable bonds is 7. The fraction of sp³-hybridized carbons (Fsp3) is 0.0811. The van der Waals surface area contributed by atoms with E-state index in [0.717, 1.165) is 38.3 Å². The largest absolute Gasteiger partial charge is 0.497 e. The van der Waals surface area contributed by atoms with Crippen molar-refractivity contribution in [3.63, 3.8) is 0 Å². The van der Waals surface area contributed by atoms with E-state index in [9.17, 15) is 4.79 Å². The number of carbonyl (C=O) groups is 1. The molecule has 1 unspecified atom stereocenters. The van der Waals surface area contributed by atoms with Gasteiger partial charge < -0.3 is 35.5 Å². The molecule has 1 aliphatic rings. The molecule has 254 valence electrons. The molecule has 0 fully saturated rings. The number of aromatic nitrogens is 4. The number of nitrogens with two attached hydrogens (primary N) is 2. The number of fused-ring (bicyclic) bond motifs is 3. The van der Waals surface area contributed by atoms with Crippen LogP contribution >= 0.6 is 11.3 Å². The number of hydrogen-bond acceptors (Lipinski definition) is 13. The highest BCUT2D eigenvalue weighted by Gasteiger charge is 2.27. The SMILES string of the molecule is COc1cccc(C(=O)Nc2nc3ccc(/C(C=N)=C/N)cc3s2)c1.Nc1nccc(-c2ccc3nc(C4COc5ccccc5O4)oc3c2)n1. The van der Waals surface area contributed by atoms with Gasteiger partial charge in [-0.05, 0) is 66.2 Å². The third kappa shape index (κ3) is 7.16. The molecule has 0 radical (unpaired) electrons. The van der Waals surface area contributed by atoms with Crippen molar-refractivity contribution in [2.45, 2.75) is 6.10 Å². The predicted octanol–water partition coefficient (Wildman–Crippen LogP) is 6.89. The van der Waals surface area contributed by atoms with Crippen molar-refractivity contribution < 1.29 is 23.4 Å². The molecule has 7 aromatic rings. The highest BCUT2D eigenvalue weighted by atomic mass is 32.1. The molecular formula is C37H30N8O5S. The standard InChI is InChI=1S/C19H14N4O3.C18H16N4O2S/c20-19-21-8-7-12(23-19)11-5-6-13-16(9-11)26-18(22-13)17-10-24-14-3-1-2-4-15(14)25-17;1-24-14-4-2-3-12(7-14)17(23)22-18-21-15-6-5-11(8-16(15)25-18)13(9-19)10-20/h1-9,17H,10H2,(H2,20,21,23);2-10,19H,20H2,1H3,(H,21,22,23)/b;13-10+,19-9?. The summed E-state index contributed by atoms with van der Waals surface area (Å²) >= 11 is 1.37. The van der Waals surface area contributed by atoms with Gasteiger partial charge in [0.2, 0.25) is 17.9 Å². The molecule has 3 aromatic heterocycles. The number of carbonyl (C=O) groups excluding carboxylic acids is 1. The summed E-state index contributed by atoms with van der Waals surface area (Å²) in [7, 11) is 1.56. The highest BCUT2D eigenvalue weighted by Crippen LogP contribution is 2.37. The van der Waals surface area contributed by atoms with E-state index in [1.165, 1.54) is 23.8 Å². The van der Waals surface area contributed by atoms with Gasteiger partial charge in [-0.3, -0.25) is 10.1 Å². The zero-order chi connectivity index (χ0) is 35.3. The van der Waals surface area contributed by atoms with Crippen LogP contribution in [0, 0.1) is 5.41 Å². The van der Waals surface area contributed by atoms with Crippen molar-refractivity contribution in [1.29, 1.82) is 5.41 Å². The van der Waals surface area contributed by atoms with Crippen LogP contribution in [0.3, 0.4) is 0 Å². The Morgan fingerprint density at radius 2 is 1.80 bits per heavy atom. The number of thiazole rings is 1. The molecule has 13 nitrogen and oxygen atoms in total. The average molecular weight is 699 g/mol. The van der Waals surface area contributed by atoms with Gasteiger partial charge in [0.1, 0.15) is 17.9 Å². The minimum atomic E-state index is -0.393. The molecule has 14 heteroatoms. The maximum atomic E-state index is 12.4. The number of para-hydroxylation sites is 2. The van der Waals surface area contributed by atoms with Gasteiger partial charge in [0, 0.05) is 35.3 Å². The van der Waals surface area contributed by atoms with Gasteiger partial charge in [0.25, 0.3) is 5.91 Å². The van der Waals surface area contributed by atoms with E-state index in [-0.39, 0.29) is 11.9 Å². The Morgan fingerprint density at radius 1 is 0.961 bits per heavy atom. The van der Waals surface area contributed by atoms with Crippen molar-refractivity contribution in [3.05, 3.63) is 120 Å². The number of nitrogen functional groups attached to an aromatic ring is 1. The smallest absolute Gasteiger partial charge is 0.257 e. The first kappa shape index (κ1) is 32.7. The second kappa shape index (κ2) is 14.4. The molecule has 6 N–H and O–H groups in total. The van der Waals surface area contributed by atoms with Gasteiger partial charge in [-0.25, -0.2) is 19.9 Å². The molecule has 8 rings (SSSR count). The number of allylic oxidation sites excluding steroid dienone is 1.